The average molecular weight is 216 g/mol. The molecule has 16 heavy (non-hydrogen) atoms. The van der Waals surface area contributed by atoms with Crippen molar-refractivity contribution < 1.29 is 5.11 Å². The van der Waals surface area contributed by atoms with E-state index in [9.17, 15) is 5.11 Å². The quantitative estimate of drug-likeness (QED) is 0.805. The predicted molar refractivity (Wildman–Crippen MR) is 65.5 cm³/mol. The lowest BCUT2D eigenvalue weighted by atomic mass is 9.44. The Balaban J connectivity index is 1.84. The molecule has 0 aliphatic heterocycles. The summed E-state index contributed by atoms with van der Waals surface area (Å²) in [6, 6.07) is 8.74. The van der Waals surface area contributed by atoms with E-state index in [1.165, 1.54) is 43.2 Å². The molecule has 2 saturated carbocycles. The van der Waals surface area contributed by atoms with Crippen LogP contribution in [0.4, 0.5) is 0 Å². The molecule has 0 bridgehead atoms. The van der Waals surface area contributed by atoms with Gasteiger partial charge < -0.3 is 5.11 Å². The van der Waals surface area contributed by atoms with Crippen LogP contribution in [0.5, 0.6) is 0 Å². The van der Waals surface area contributed by atoms with E-state index in [1.807, 2.05) is 0 Å². The Morgan fingerprint density at radius 1 is 1.12 bits per heavy atom. The number of aryl methyl sites for hydroxylation is 1. The maximum absolute atomic E-state index is 9.71. The zero-order valence-corrected chi connectivity index (χ0v) is 10.00. The van der Waals surface area contributed by atoms with Crippen molar-refractivity contribution in [2.24, 2.45) is 5.41 Å². The van der Waals surface area contributed by atoms with Gasteiger partial charge >= 0.3 is 0 Å². The van der Waals surface area contributed by atoms with Crippen molar-refractivity contribution in [3.05, 3.63) is 35.4 Å². The van der Waals surface area contributed by atoms with Gasteiger partial charge in [0.25, 0.3) is 0 Å². The van der Waals surface area contributed by atoms with Gasteiger partial charge in [-0.25, -0.2) is 0 Å². The van der Waals surface area contributed by atoms with E-state index in [4.69, 9.17) is 0 Å². The highest BCUT2D eigenvalue weighted by atomic mass is 16.3. The third-order valence-corrected chi connectivity index (χ3v) is 4.81. The molecule has 2 aliphatic rings. The van der Waals surface area contributed by atoms with Crippen molar-refractivity contribution in [3.63, 3.8) is 0 Å². The maximum atomic E-state index is 9.71. The molecule has 2 aliphatic carbocycles. The summed E-state index contributed by atoms with van der Waals surface area (Å²) in [4.78, 5) is 0. The highest BCUT2D eigenvalue weighted by Gasteiger charge is 2.57. The molecule has 86 valence electrons. The lowest BCUT2D eigenvalue weighted by molar-refractivity contribution is -0.0719. The first kappa shape index (κ1) is 10.3. The summed E-state index contributed by atoms with van der Waals surface area (Å²) < 4.78 is 0. The Morgan fingerprint density at radius 2 is 1.75 bits per heavy atom. The summed E-state index contributed by atoms with van der Waals surface area (Å²) in [7, 11) is 0. The number of rotatable bonds is 2. The summed E-state index contributed by atoms with van der Waals surface area (Å²) in [6.07, 6.45) is 6.59. The molecule has 0 heterocycles. The van der Waals surface area contributed by atoms with Crippen LogP contribution >= 0.6 is 0 Å². The number of hydrogen-bond acceptors (Lipinski definition) is 1. The Hall–Kier alpha value is -0.820. The molecule has 1 aromatic rings. The minimum absolute atomic E-state index is 0.0914. The molecule has 2 fully saturated rings. The Labute approximate surface area is 97.5 Å². The first-order valence-electron chi connectivity index (χ1n) is 6.36. The average Bonchev–Trinajstić information content (AvgIpc) is 2.17. The fourth-order valence-corrected chi connectivity index (χ4v) is 3.73. The van der Waals surface area contributed by atoms with Crippen LogP contribution < -0.4 is 0 Å². The van der Waals surface area contributed by atoms with E-state index in [2.05, 4.69) is 31.2 Å². The van der Waals surface area contributed by atoms with E-state index in [0.29, 0.717) is 12.0 Å². The zero-order chi connectivity index (χ0) is 11.2. The molecule has 1 spiro atoms. The highest BCUT2D eigenvalue weighted by molar-refractivity contribution is 5.33. The van der Waals surface area contributed by atoms with Crippen LogP contribution in [0.1, 0.15) is 43.2 Å². The van der Waals surface area contributed by atoms with Gasteiger partial charge in [0, 0.05) is 5.41 Å². The van der Waals surface area contributed by atoms with Crippen LogP contribution in [0.25, 0.3) is 0 Å². The lowest BCUT2D eigenvalue weighted by Crippen LogP contribution is -2.55. The molecule has 0 saturated heterocycles. The third-order valence-electron chi connectivity index (χ3n) is 4.81. The summed E-state index contributed by atoms with van der Waals surface area (Å²) in [5.41, 5.74) is 3.36. The number of aliphatic hydroxyl groups is 1. The molecular formula is C15H20O. The Kier molecular flexibility index (Phi) is 2.16. The second kappa shape index (κ2) is 3.33. The molecule has 0 aromatic heterocycles. The number of hydrogen-bond donors (Lipinski definition) is 1. The second-order valence-electron chi connectivity index (χ2n) is 6.01. The minimum Gasteiger partial charge on any atom is -0.395 e. The molecule has 0 amide bonds. The largest absolute Gasteiger partial charge is 0.395 e. The smallest absolute Gasteiger partial charge is 0.0528 e. The van der Waals surface area contributed by atoms with Crippen molar-refractivity contribution in [2.45, 2.75) is 44.4 Å². The van der Waals surface area contributed by atoms with Gasteiger partial charge in [-0.2, -0.15) is 0 Å². The molecule has 1 aromatic carbocycles. The van der Waals surface area contributed by atoms with Gasteiger partial charge in [-0.05, 0) is 43.6 Å². The van der Waals surface area contributed by atoms with E-state index >= 15 is 0 Å². The van der Waals surface area contributed by atoms with Gasteiger partial charge in [0.15, 0.2) is 0 Å². The minimum atomic E-state index is 0.0914. The van der Waals surface area contributed by atoms with Crippen LogP contribution in [0.2, 0.25) is 0 Å². The van der Waals surface area contributed by atoms with Crippen LogP contribution in [0, 0.1) is 12.3 Å². The fraction of sp³-hybridized carbons (Fsp3) is 0.600. The normalized spacial score (nSPS) is 24.9. The molecule has 1 heteroatoms. The standard InChI is InChI=1S/C15H20O/c1-12-3-5-13(6-4-12)15(11-16)9-14(10-15)7-2-8-14/h3-6,16H,2,7-11H2,1H3. The molecular weight excluding hydrogens is 196 g/mol. The van der Waals surface area contributed by atoms with Crippen LogP contribution in [-0.4, -0.2) is 11.7 Å². The van der Waals surface area contributed by atoms with Gasteiger partial charge in [-0.1, -0.05) is 36.2 Å². The van der Waals surface area contributed by atoms with Gasteiger partial charge in [0.1, 0.15) is 0 Å². The lowest BCUT2D eigenvalue weighted by Gasteiger charge is -2.61. The van der Waals surface area contributed by atoms with Crippen molar-refractivity contribution in [1.82, 2.24) is 0 Å². The van der Waals surface area contributed by atoms with E-state index in [0.717, 1.165) is 0 Å². The molecule has 1 nitrogen and oxygen atoms in total. The molecule has 0 unspecified atom stereocenters. The summed E-state index contributed by atoms with van der Waals surface area (Å²) in [5, 5.41) is 9.71. The molecule has 0 radical (unpaired) electrons. The monoisotopic (exact) mass is 216 g/mol. The van der Waals surface area contributed by atoms with Gasteiger partial charge in [-0.15, -0.1) is 0 Å². The van der Waals surface area contributed by atoms with E-state index < -0.39 is 0 Å². The number of aliphatic hydroxyl groups excluding tert-OH is 1. The fourth-order valence-electron chi connectivity index (χ4n) is 3.73. The van der Waals surface area contributed by atoms with Crippen LogP contribution in [-0.2, 0) is 5.41 Å². The van der Waals surface area contributed by atoms with Gasteiger partial charge in [0.2, 0.25) is 0 Å². The second-order valence-corrected chi connectivity index (χ2v) is 6.01. The zero-order valence-electron chi connectivity index (χ0n) is 10.00. The topological polar surface area (TPSA) is 20.2 Å². The Bertz CT molecular complexity index is 378. The van der Waals surface area contributed by atoms with Gasteiger partial charge in [-0.3, -0.25) is 0 Å². The predicted octanol–water partition coefficient (Wildman–Crippen LogP) is 3.19. The van der Waals surface area contributed by atoms with E-state index in [-0.39, 0.29) is 5.41 Å². The third kappa shape index (κ3) is 1.34. The SMILES string of the molecule is Cc1ccc(C2(CO)CC3(CCC3)C2)cc1. The van der Waals surface area contributed by atoms with Crippen LogP contribution in [0.3, 0.4) is 0 Å². The van der Waals surface area contributed by atoms with Crippen molar-refractivity contribution in [1.29, 1.82) is 0 Å². The maximum Gasteiger partial charge on any atom is 0.0528 e. The van der Waals surface area contributed by atoms with Crippen molar-refractivity contribution in [3.8, 4) is 0 Å². The highest BCUT2D eigenvalue weighted by Crippen LogP contribution is 2.64. The summed E-state index contributed by atoms with van der Waals surface area (Å²) in [5.74, 6) is 0. The molecule has 1 N–H and O–H groups in total. The van der Waals surface area contributed by atoms with Crippen molar-refractivity contribution in [2.75, 3.05) is 6.61 Å². The van der Waals surface area contributed by atoms with E-state index in [1.54, 1.807) is 0 Å². The molecule has 0 atom stereocenters. The Morgan fingerprint density at radius 3 is 2.19 bits per heavy atom. The molecule has 3 rings (SSSR count). The first-order chi connectivity index (χ1) is 7.68. The summed E-state index contributed by atoms with van der Waals surface area (Å²) >= 11 is 0. The summed E-state index contributed by atoms with van der Waals surface area (Å²) in [6.45, 7) is 2.43. The number of benzene rings is 1. The first-order valence-corrected chi connectivity index (χ1v) is 6.36. The van der Waals surface area contributed by atoms with Crippen molar-refractivity contribution >= 4 is 0 Å². The van der Waals surface area contributed by atoms with Gasteiger partial charge in [0.05, 0.1) is 6.61 Å². The van der Waals surface area contributed by atoms with Crippen LogP contribution in [0.15, 0.2) is 24.3 Å².